The van der Waals surface area contributed by atoms with Crippen LogP contribution in [0.2, 0.25) is 0 Å². The largest absolute Gasteiger partial charge is 0.137 e. The second kappa shape index (κ2) is 10.5. The van der Waals surface area contributed by atoms with Gasteiger partial charge in [0.15, 0.2) is 0 Å². The van der Waals surface area contributed by atoms with E-state index in [-0.39, 0.29) is 0 Å². The molecule has 0 radical (unpaired) electrons. The van der Waals surface area contributed by atoms with Gasteiger partial charge < -0.3 is 0 Å². The van der Waals surface area contributed by atoms with Crippen molar-refractivity contribution in [3.63, 3.8) is 0 Å². The fraction of sp³-hybridized carbons (Fsp3) is 1.00. The van der Waals surface area contributed by atoms with Crippen molar-refractivity contribution in [2.24, 2.45) is 5.92 Å². The molecule has 0 nitrogen and oxygen atoms in total. The summed E-state index contributed by atoms with van der Waals surface area (Å²) in [6, 6.07) is 0. The summed E-state index contributed by atoms with van der Waals surface area (Å²) in [5.41, 5.74) is 0. The molecule has 0 rings (SSSR count). The van der Waals surface area contributed by atoms with Gasteiger partial charge in [-0.25, -0.2) is 0 Å². The van der Waals surface area contributed by atoms with Crippen molar-refractivity contribution in [2.75, 3.05) is 6.16 Å². The molecule has 0 aromatic heterocycles. The fourth-order valence-corrected chi connectivity index (χ4v) is 2.20. The van der Waals surface area contributed by atoms with Crippen LogP contribution in [0.15, 0.2) is 0 Å². The first-order chi connectivity index (χ1) is 6.35. The molecular weight excluding hydrogens is 175 g/mol. The summed E-state index contributed by atoms with van der Waals surface area (Å²) in [5, 5.41) is 0. The third-order valence-electron chi connectivity index (χ3n) is 2.77. The molecule has 1 heteroatoms. The third-order valence-corrected chi connectivity index (χ3v) is 3.43. The SMILES string of the molecule is CCCCCC[C@@H](CP)CCCC. The molecule has 0 aliphatic carbocycles. The van der Waals surface area contributed by atoms with Crippen molar-refractivity contribution < 1.29 is 0 Å². The highest BCUT2D eigenvalue weighted by Gasteiger charge is 2.04. The van der Waals surface area contributed by atoms with E-state index in [2.05, 4.69) is 23.1 Å². The van der Waals surface area contributed by atoms with Gasteiger partial charge in [0.25, 0.3) is 0 Å². The van der Waals surface area contributed by atoms with Crippen LogP contribution >= 0.6 is 9.24 Å². The highest BCUT2D eigenvalue weighted by Crippen LogP contribution is 2.19. The Labute approximate surface area is 87.1 Å². The Kier molecular flexibility index (Phi) is 10.9. The maximum absolute atomic E-state index is 2.91. The first-order valence-electron chi connectivity index (χ1n) is 6.05. The summed E-state index contributed by atoms with van der Waals surface area (Å²) in [4.78, 5) is 0. The van der Waals surface area contributed by atoms with Gasteiger partial charge in [0.2, 0.25) is 0 Å². The Morgan fingerprint density at radius 1 is 0.846 bits per heavy atom. The molecule has 0 aliphatic rings. The van der Waals surface area contributed by atoms with Crippen molar-refractivity contribution in [3.05, 3.63) is 0 Å². The van der Waals surface area contributed by atoms with Crippen LogP contribution in [0.25, 0.3) is 0 Å². The van der Waals surface area contributed by atoms with E-state index in [1.165, 1.54) is 57.5 Å². The summed E-state index contributed by atoms with van der Waals surface area (Å²) >= 11 is 0. The van der Waals surface area contributed by atoms with Gasteiger partial charge in [-0.3, -0.25) is 0 Å². The van der Waals surface area contributed by atoms with Crippen molar-refractivity contribution in [3.8, 4) is 0 Å². The average molecular weight is 202 g/mol. The Morgan fingerprint density at radius 3 is 2.00 bits per heavy atom. The van der Waals surface area contributed by atoms with Crippen LogP contribution in [0.3, 0.4) is 0 Å². The molecule has 1 unspecified atom stereocenters. The lowest BCUT2D eigenvalue weighted by molar-refractivity contribution is 0.451. The summed E-state index contributed by atoms with van der Waals surface area (Å²) in [5.74, 6) is 0.988. The Hall–Kier alpha value is 0.430. The van der Waals surface area contributed by atoms with E-state index in [0.29, 0.717) is 0 Å². The first kappa shape index (κ1) is 13.4. The predicted molar refractivity (Wildman–Crippen MR) is 66.4 cm³/mol. The summed E-state index contributed by atoms with van der Waals surface area (Å²) in [6.45, 7) is 4.57. The third kappa shape index (κ3) is 8.75. The second-order valence-electron chi connectivity index (χ2n) is 4.09. The van der Waals surface area contributed by atoms with Gasteiger partial charge in [0, 0.05) is 0 Å². The Morgan fingerprint density at radius 2 is 1.46 bits per heavy atom. The van der Waals surface area contributed by atoms with Gasteiger partial charge in [-0.05, 0) is 12.1 Å². The van der Waals surface area contributed by atoms with Crippen LogP contribution in [-0.2, 0) is 0 Å². The van der Waals surface area contributed by atoms with Gasteiger partial charge >= 0.3 is 0 Å². The standard InChI is InChI=1S/C12H27P/c1-3-5-7-8-10-12(11-13)9-6-4-2/h12H,3-11,13H2,1-2H3/t12-/m0/s1. The summed E-state index contributed by atoms with van der Waals surface area (Å²) in [6.07, 6.45) is 12.7. The lowest BCUT2D eigenvalue weighted by Gasteiger charge is -2.13. The van der Waals surface area contributed by atoms with E-state index in [1.807, 2.05) is 0 Å². The molecule has 0 bridgehead atoms. The van der Waals surface area contributed by atoms with Crippen LogP contribution in [0.4, 0.5) is 0 Å². The maximum Gasteiger partial charge on any atom is -0.0353 e. The van der Waals surface area contributed by atoms with Gasteiger partial charge in [0.1, 0.15) is 0 Å². The smallest absolute Gasteiger partial charge is 0.0353 e. The van der Waals surface area contributed by atoms with Crippen molar-refractivity contribution in [1.29, 1.82) is 0 Å². The van der Waals surface area contributed by atoms with Crippen molar-refractivity contribution in [2.45, 2.75) is 65.2 Å². The molecule has 13 heavy (non-hydrogen) atoms. The molecule has 0 saturated heterocycles. The summed E-state index contributed by atoms with van der Waals surface area (Å²) < 4.78 is 0. The first-order valence-corrected chi connectivity index (χ1v) is 6.86. The molecule has 0 aromatic rings. The Balaban J connectivity index is 3.25. The van der Waals surface area contributed by atoms with Crippen LogP contribution < -0.4 is 0 Å². The monoisotopic (exact) mass is 202 g/mol. The zero-order valence-electron chi connectivity index (χ0n) is 9.52. The van der Waals surface area contributed by atoms with Gasteiger partial charge in [0.05, 0.1) is 0 Å². The summed E-state index contributed by atoms with van der Waals surface area (Å²) in [7, 11) is 2.91. The van der Waals surface area contributed by atoms with Crippen LogP contribution in [0, 0.1) is 5.92 Å². The molecule has 0 fully saturated rings. The van der Waals surface area contributed by atoms with E-state index in [4.69, 9.17) is 0 Å². The van der Waals surface area contributed by atoms with Gasteiger partial charge in [-0.1, -0.05) is 65.2 Å². The molecule has 0 aromatic carbocycles. The molecule has 0 saturated carbocycles. The van der Waals surface area contributed by atoms with E-state index >= 15 is 0 Å². The lowest BCUT2D eigenvalue weighted by atomic mass is 9.97. The molecule has 0 aliphatic heterocycles. The van der Waals surface area contributed by atoms with Crippen molar-refractivity contribution in [1.82, 2.24) is 0 Å². The minimum absolute atomic E-state index is 0.988. The lowest BCUT2D eigenvalue weighted by Crippen LogP contribution is -2.01. The molecule has 0 amide bonds. The minimum atomic E-state index is 0.988. The zero-order valence-corrected chi connectivity index (χ0v) is 10.7. The number of hydrogen-bond acceptors (Lipinski definition) is 0. The predicted octanol–water partition coefficient (Wildman–Crippen LogP) is 4.64. The molecule has 0 spiro atoms. The van der Waals surface area contributed by atoms with Gasteiger partial charge in [-0.15, -0.1) is 9.24 Å². The van der Waals surface area contributed by atoms with Crippen LogP contribution in [-0.4, -0.2) is 6.16 Å². The zero-order chi connectivity index (χ0) is 9.94. The molecule has 2 atom stereocenters. The molecule has 0 heterocycles. The quantitative estimate of drug-likeness (QED) is 0.377. The Bertz CT molecular complexity index is 91.1. The van der Waals surface area contributed by atoms with E-state index < -0.39 is 0 Å². The molecular formula is C12H27P. The highest BCUT2D eigenvalue weighted by molar-refractivity contribution is 7.16. The topological polar surface area (TPSA) is 0 Å². The number of rotatable bonds is 9. The molecule has 0 N–H and O–H groups in total. The van der Waals surface area contributed by atoms with E-state index in [9.17, 15) is 0 Å². The van der Waals surface area contributed by atoms with Crippen molar-refractivity contribution >= 4 is 9.24 Å². The normalized spacial score (nSPS) is 13.2. The second-order valence-corrected chi connectivity index (χ2v) is 4.56. The highest BCUT2D eigenvalue weighted by atomic mass is 31.0. The van der Waals surface area contributed by atoms with E-state index in [0.717, 1.165) is 5.92 Å². The average Bonchev–Trinajstić information content (AvgIpc) is 2.17. The van der Waals surface area contributed by atoms with Crippen LogP contribution in [0.1, 0.15) is 65.2 Å². The van der Waals surface area contributed by atoms with Crippen LogP contribution in [0.5, 0.6) is 0 Å². The number of unbranched alkanes of at least 4 members (excludes halogenated alkanes) is 4. The fourth-order valence-electron chi connectivity index (χ4n) is 1.73. The van der Waals surface area contributed by atoms with Gasteiger partial charge in [-0.2, -0.15) is 0 Å². The van der Waals surface area contributed by atoms with E-state index in [1.54, 1.807) is 0 Å². The maximum atomic E-state index is 2.91. The molecule has 80 valence electrons. The number of hydrogen-bond donors (Lipinski definition) is 0. The minimum Gasteiger partial charge on any atom is -0.137 e.